The van der Waals surface area contributed by atoms with Gasteiger partial charge in [0.1, 0.15) is 0 Å². The number of aromatic nitrogens is 1. The fourth-order valence-corrected chi connectivity index (χ4v) is 3.58. The third-order valence-corrected chi connectivity index (χ3v) is 4.78. The lowest BCUT2D eigenvalue weighted by Gasteiger charge is -2.17. The van der Waals surface area contributed by atoms with Crippen LogP contribution in [0.15, 0.2) is 47.6 Å². The zero-order valence-corrected chi connectivity index (χ0v) is 13.1. The minimum atomic E-state index is -3.69. The summed E-state index contributed by atoms with van der Waals surface area (Å²) in [5, 5.41) is 2.85. The van der Waals surface area contributed by atoms with Crippen molar-refractivity contribution in [3.05, 3.63) is 53.7 Å². The SMILES string of the molecule is CNc1cccnc1S(=O)(=O)NC(C)c1ccccc1C. The molecule has 1 aromatic carbocycles. The molecule has 5 nitrogen and oxygen atoms in total. The average molecular weight is 305 g/mol. The number of hydrogen-bond acceptors (Lipinski definition) is 4. The fourth-order valence-electron chi connectivity index (χ4n) is 2.22. The first-order valence-corrected chi connectivity index (χ1v) is 8.14. The predicted molar refractivity (Wildman–Crippen MR) is 83.7 cm³/mol. The van der Waals surface area contributed by atoms with Gasteiger partial charge < -0.3 is 5.32 Å². The molecule has 1 atom stereocenters. The van der Waals surface area contributed by atoms with E-state index < -0.39 is 10.0 Å². The van der Waals surface area contributed by atoms with E-state index in [2.05, 4.69) is 15.0 Å². The molecule has 0 aliphatic carbocycles. The maximum absolute atomic E-state index is 12.5. The van der Waals surface area contributed by atoms with Crippen LogP contribution in [0.5, 0.6) is 0 Å². The summed E-state index contributed by atoms with van der Waals surface area (Å²) in [6.07, 6.45) is 1.47. The van der Waals surface area contributed by atoms with Crippen molar-refractivity contribution >= 4 is 15.7 Å². The lowest BCUT2D eigenvalue weighted by atomic mass is 10.0. The summed E-state index contributed by atoms with van der Waals surface area (Å²) in [6, 6.07) is 10.7. The van der Waals surface area contributed by atoms with Gasteiger partial charge in [0, 0.05) is 19.3 Å². The number of aryl methyl sites for hydroxylation is 1. The molecular weight excluding hydrogens is 286 g/mol. The first-order valence-electron chi connectivity index (χ1n) is 6.66. The Hall–Kier alpha value is -1.92. The first kappa shape index (κ1) is 15.5. The Balaban J connectivity index is 2.32. The van der Waals surface area contributed by atoms with E-state index in [0.29, 0.717) is 5.69 Å². The second-order valence-electron chi connectivity index (χ2n) is 4.81. The van der Waals surface area contributed by atoms with Gasteiger partial charge in [0.15, 0.2) is 5.03 Å². The second-order valence-corrected chi connectivity index (χ2v) is 6.43. The molecule has 2 rings (SSSR count). The van der Waals surface area contributed by atoms with Crippen LogP contribution in [0.2, 0.25) is 0 Å². The molecular formula is C15H19N3O2S. The summed E-state index contributed by atoms with van der Waals surface area (Å²) in [6.45, 7) is 3.78. The summed E-state index contributed by atoms with van der Waals surface area (Å²) in [4.78, 5) is 3.98. The van der Waals surface area contributed by atoms with Crippen LogP contribution in [0.25, 0.3) is 0 Å². The second kappa shape index (κ2) is 6.24. The summed E-state index contributed by atoms with van der Waals surface area (Å²) in [7, 11) is -2.02. The van der Waals surface area contributed by atoms with Gasteiger partial charge in [-0.15, -0.1) is 0 Å². The van der Waals surface area contributed by atoms with E-state index >= 15 is 0 Å². The molecule has 112 valence electrons. The molecule has 0 spiro atoms. The van der Waals surface area contributed by atoms with E-state index in [1.54, 1.807) is 19.2 Å². The van der Waals surface area contributed by atoms with Crippen molar-refractivity contribution < 1.29 is 8.42 Å². The summed E-state index contributed by atoms with van der Waals surface area (Å²) in [5.41, 5.74) is 2.47. The molecule has 0 saturated heterocycles. The van der Waals surface area contributed by atoms with E-state index in [-0.39, 0.29) is 11.1 Å². The number of hydrogen-bond donors (Lipinski definition) is 2. The largest absolute Gasteiger partial charge is 0.386 e. The van der Waals surface area contributed by atoms with Crippen LogP contribution in [-0.2, 0) is 10.0 Å². The van der Waals surface area contributed by atoms with Crippen molar-refractivity contribution in [2.45, 2.75) is 24.9 Å². The maximum Gasteiger partial charge on any atom is 0.260 e. The number of nitrogens with zero attached hydrogens (tertiary/aromatic N) is 1. The topological polar surface area (TPSA) is 71.1 Å². The molecule has 0 amide bonds. The molecule has 0 bridgehead atoms. The van der Waals surface area contributed by atoms with Gasteiger partial charge in [-0.2, -0.15) is 0 Å². The van der Waals surface area contributed by atoms with Crippen LogP contribution in [0, 0.1) is 6.92 Å². The van der Waals surface area contributed by atoms with Crippen molar-refractivity contribution in [1.29, 1.82) is 0 Å². The number of sulfonamides is 1. The van der Waals surface area contributed by atoms with Crippen LogP contribution in [0.3, 0.4) is 0 Å². The molecule has 2 aromatic rings. The van der Waals surface area contributed by atoms with E-state index in [0.717, 1.165) is 11.1 Å². The molecule has 21 heavy (non-hydrogen) atoms. The quantitative estimate of drug-likeness (QED) is 0.890. The Morgan fingerprint density at radius 1 is 1.14 bits per heavy atom. The number of benzene rings is 1. The predicted octanol–water partition coefficient (Wildman–Crippen LogP) is 2.47. The van der Waals surface area contributed by atoms with E-state index in [1.165, 1.54) is 6.20 Å². The van der Waals surface area contributed by atoms with Gasteiger partial charge in [0.2, 0.25) is 0 Å². The van der Waals surface area contributed by atoms with Gasteiger partial charge in [-0.25, -0.2) is 18.1 Å². The lowest BCUT2D eigenvalue weighted by molar-refractivity contribution is 0.563. The van der Waals surface area contributed by atoms with E-state index in [9.17, 15) is 8.42 Å². The maximum atomic E-state index is 12.5. The zero-order chi connectivity index (χ0) is 15.5. The van der Waals surface area contributed by atoms with Crippen LogP contribution in [-0.4, -0.2) is 20.4 Å². The molecule has 1 aromatic heterocycles. The van der Waals surface area contributed by atoms with Crippen molar-refractivity contribution in [2.75, 3.05) is 12.4 Å². The lowest BCUT2D eigenvalue weighted by Crippen LogP contribution is -2.28. The van der Waals surface area contributed by atoms with Crippen molar-refractivity contribution in [3.8, 4) is 0 Å². The summed E-state index contributed by atoms with van der Waals surface area (Å²) in [5.74, 6) is 0. The van der Waals surface area contributed by atoms with Crippen LogP contribution in [0.1, 0.15) is 24.1 Å². The zero-order valence-electron chi connectivity index (χ0n) is 12.3. The number of rotatable bonds is 5. The van der Waals surface area contributed by atoms with Gasteiger partial charge in [0.25, 0.3) is 10.0 Å². The molecule has 0 aliphatic rings. The van der Waals surface area contributed by atoms with E-state index in [4.69, 9.17) is 0 Å². The molecule has 1 heterocycles. The third kappa shape index (κ3) is 3.40. The highest BCUT2D eigenvalue weighted by molar-refractivity contribution is 7.89. The summed E-state index contributed by atoms with van der Waals surface area (Å²) < 4.78 is 27.7. The standard InChI is InChI=1S/C15H19N3O2S/c1-11-7-4-5-8-13(11)12(2)18-21(19,20)15-14(16-3)9-6-10-17-15/h4-10,12,16,18H,1-3H3. The minimum Gasteiger partial charge on any atom is -0.386 e. The van der Waals surface area contributed by atoms with Gasteiger partial charge in [-0.3, -0.25) is 0 Å². The molecule has 2 N–H and O–H groups in total. The molecule has 6 heteroatoms. The molecule has 0 aliphatic heterocycles. The Bertz CT molecular complexity index is 729. The Morgan fingerprint density at radius 2 is 1.86 bits per heavy atom. The van der Waals surface area contributed by atoms with Crippen LogP contribution in [0.4, 0.5) is 5.69 Å². The Kier molecular flexibility index (Phi) is 4.59. The third-order valence-electron chi connectivity index (χ3n) is 3.28. The van der Waals surface area contributed by atoms with Crippen LogP contribution < -0.4 is 10.0 Å². The first-order chi connectivity index (χ1) is 9.95. The van der Waals surface area contributed by atoms with Crippen molar-refractivity contribution in [1.82, 2.24) is 9.71 Å². The van der Waals surface area contributed by atoms with Gasteiger partial charge >= 0.3 is 0 Å². The molecule has 0 saturated carbocycles. The van der Waals surface area contributed by atoms with E-state index in [1.807, 2.05) is 38.1 Å². The Labute approximate surface area is 125 Å². The molecule has 1 unspecified atom stereocenters. The minimum absolute atomic E-state index is 0.00735. The molecule has 0 fully saturated rings. The van der Waals surface area contributed by atoms with Crippen molar-refractivity contribution in [2.24, 2.45) is 0 Å². The number of nitrogens with one attached hydrogen (secondary N) is 2. The monoisotopic (exact) mass is 305 g/mol. The van der Waals surface area contributed by atoms with Gasteiger partial charge in [-0.1, -0.05) is 24.3 Å². The van der Waals surface area contributed by atoms with Crippen molar-refractivity contribution in [3.63, 3.8) is 0 Å². The fraction of sp³-hybridized carbons (Fsp3) is 0.267. The van der Waals surface area contributed by atoms with Crippen LogP contribution >= 0.6 is 0 Å². The number of pyridine rings is 1. The summed E-state index contributed by atoms with van der Waals surface area (Å²) >= 11 is 0. The average Bonchev–Trinajstić information content (AvgIpc) is 2.47. The number of anilines is 1. The Morgan fingerprint density at radius 3 is 2.52 bits per heavy atom. The highest BCUT2D eigenvalue weighted by Crippen LogP contribution is 2.22. The normalized spacial score (nSPS) is 12.9. The highest BCUT2D eigenvalue weighted by atomic mass is 32.2. The smallest absolute Gasteiger partial charge is 0.260 e. The van der Waals surface area contributed by atoms with Gasteiger partial charge in [0.05, 0.1) is 5.69 Å². The molecule has 0 radical (unpaired) electrons. The highest BCUT2D eigenvalue weighted by Gasteiger charge is 2.23. The van der Waals surface area contributed by atoms with Gasteiger partial charge in [-0.05, 0) is 37.1 Å².